The summed E-state index contributed by atoms with van der Waals surface area (Å²) in [6, 6.07) is 0. The van der Waals surface area contributed by atoms with Crippen LogP contribution in [-0.4, -0.2) is 47.3 Å². The van der Waals surface area contributed by atoms with E-state index in [0.29, 0.717) is 31.5 Å². The van der Waals surface area contributed by atoms with Gasteiger partial charge in [0.2, 0.25) is 11.8 Å². The summed E-state index contributed by atoms with van der Waals surface area (Å²) in [5, 5.41) is 3.91. The highest BCUT2D eigenvalue weighted by Gasteiger charge is 2.56. The van der Waals surface area contributed by atoms with Crippen LogP contribution < -0.4 is 0 Å². The molecule has 2 aliphatic heterocycles. The van der Waals surface area contributed by atoms with Crippen molar-refractivity contribution in [1.29, 1.82) is 0 Å². The quantitative estimate of drug-likeness (QED) is 0.818. The van der Waals surface area contributed by atoms with Gasteiger partial charge in [-0.05, 0) is 26.2 Å². The van der Waals surface area contributed by atoms with Gasteiger partial charge in [0.15, 0.2) is 5.82 Å². The number of rotatable bonds is 2. The van der Waals surface area contributed by atoms with Gasteiger partial charge in [-0.25, -0.2) is 0 Å². The first kappa shape index (κ1) is 13.0. The Balaban J connectivity index is 1.61. The zero-order chi connectivity index (χ0) is 14.4. The molecule has 0 spiro atoms. The smallest absolute Gasteiger partial charge is 0.249 e. The summed E-state index contributed by atoms with van der Waals surface area (Å²) in [6.45, 7) is 4.37. The summed E-state index contributed by atoms with van der Waals surface area (Å²) in [5.41, 5.74) is 0.656. The lowest BCUT2D eigenvalue weighted by atomic mass is 9.81. The molecule has 1 amide bonds. The van der Waals surface area contributed by atoms with E-state index in [2.05, 4.69) is 16.2 Å². The van der Waals surface area contributed by atoms with Crippen LogP contribution in [0.3, 0.4) is 0 Å². The predicted octanol–water partition coefficient (Wildman–Crippen LogP) is 1.21. The average molecular weight is 289 g/mol. The van der Waals surface area contributed by atoms with Crippen molar-refractivity contribution >= 4 is 5.91 Å². The molecule has 1 aliphatic carbocycles. The van der Waals surface area contributed by atoms with Gasteiger partial charge < -0.3 is 14.2 Å². The Labute approximate surface area is 123 Å². The number of ether oxygens (including phenoxy) is 1. The third kappa shape index (κ3) is 1.92. The Morgan fingerprint density at radius 3 is 3.14 bits per heavy atom. The van der Waals surface area contributed by atoms with E-state index in [9.17, 15) is 4.79 Å². The van der Waals surface area contributed by atoms with Gasteiger partial charge in [-0.3, -0.25) is 4.79 Å². The highest BCUT2D eigenvalue weighted by Crippen LogP contribution is 2.43. The van der Waals surface area contributed by atoms with Crippen molar-refractivity contribution in [3.8, 4) is 0 Å². The van der Waals surface area contributed by atoms with Crippen LogP contribution in [0, 0.1) is 12.8 Å². The zero-order valence-electron chi connectivity index (χ0n) is 12.2. The number of hydrogen-bond donors (Lipinski definition) is 0. The number of hydrogen-bond acceptors (Lipinski definition) is 5. The number of aromatic nitrogens is 2. The summed E-state index contributed by atoms with van der Waals surface area (Å²) in [7, 11) is 0. The van der Waals surface area contributed by atoms with Crippen LogP contribution in [-0.2, 0) is 14.9 Å². The second-order valence-electron chi connectivity index (χ2n) is 6.32. The third-order valence-corrected chi connectivity index (χ3v) is 4.93. The number of aryl methyl sites for hydroxylation is 1. The molecule has 21 heavy (non-hydrogen) atoms. The van der Waals surface area contributed by atoms with E-state index < -0.39 is 0 Å². The number of carbonyl (C=O) groups is 1. The summed E-state index contributed by atoms with van der Waals surface area (Å²) in [4.78, 5) is 19.0. The molecule has 3 heterocycles. The van der Waals surface area contributed by atoms with Crippen molar-refractivity contribution in [2.24, 2.45) is 5.92 Å². The van der Waals surface area contributed by atoms with E-state index in [1.807, 2.05) is 11.8 Å². The summed E-state index contributed by atoms with van der Waals surface area (Å²) < 4.78 is 11.1. The van der Waals surface area contributed by atoms with Gasteiger partial charge in [0.1, 0.15) is 0 Å². The molecule has 2 saturated heterocycles. The molecular formula is C15H19N3O3. The molecule has 6 heteroatoms. The standard InChI is InChI=1S/C15H19N3O3/c1-10-16-14(21-17-10)15-8-18(6-12(15)7-20-9-15)13(19)11-4-2-3-5-11/h4,12H,2-3,5-9H2,1H3/t12-,15-/m0/s1. The molecule has 1 aromatic heterocycles. The number of nitrogens with zero attached hydrogens (tertiary/aromatic N) is 3. The molecule has 6 nitrogen and oxygen atoms in total. The first-order chi connectivity index (χ1) is 10.2. The van der Waals surface area contributed by atoms with Crippen molar-refractivity contribution in [1.82, 2.24) is 15.0 Å². The topological polar surface area (TPSA) is 68.5 Å². The lowest BCUT2D eigenvalue weighted by molar-refractivity contribution is -0.126. The molecule has 0 aromatic carbocycles. The van der Waals surface area contributed by atoms with Crippen molar-refractivity contribution < 1.29 is 14.1 Å². The number of carbonyl (C=O) groups excluding carboxylic acids is 1. The number of amides is 1. The van der Waals surface area contributed by atoms with Crippen molar-refractivity contribution in [2.45, 2.75) is 31.6 Å². The first-order valence-corrected chi connectivity index (χ1v) is 7.56. The number of likely N-dealkylation sites (tertiary alicyclic amines) is 1. The number of fused-ring (bicyclic) bond motifs is 1. The maximum absolute atomic E-state index is 12.6. The maximum atomic E-state index is 12.6. The van der Waals surface area contributed by atoms with Gasteiger partial charge in [0.25, 0.3) is 0 Å². The van der Waals surface area contributed by atoms with Crippen LogP contribution in [0.25, 0.3) is 0 Å². The molecule has 0 bridgehead atoms. The van der Waals surface area contributed by atoms with E-state index >= 15 is 0 Å². The normalized spacial score (nSPS) is 31.6. The SMILES string of the molecule is Cc1noc([C@@]23COC[C@@H]2CN(C(=O)C2=CCCC2)C3)n1. The lowest BCUT2D eigenvalue weighted by Gasteiger charge is -2.23. The van der Waals surface area contributed by atoms with Gasteiger partial charge >= 0.3 is 0 Å². The largest absolute Gasteiger partial charge is 0.380 e. The van der Waals surface area contributed by atoms with Crippen LogP contribution >= 0.6 is 0 Å². The third-order valence-electron chi connectivity index (χ3n) is 4.93. The van der Waals surface area contributed by atoms with E-state index in [-0.39, 0.29) is 17.2 Å². The number of allylic oxidation sites excluding steroid dienone is 1. The van der Waals surface area contributed by atoms with Gasteiger partial charge in [-0.1, -0.05) is 11.2 Å². The minimum Gasteiger partial charge on any atom is -0.380 e. The first-order valence-electron chi connectivity index (χ1n) is 7.56. The molecule has 0 N–H and O–H groups in total. The van der Waals surface area contributed by atoms with Gasteiger partial charge in [0.05, 0.1) is 18.6 Å². The van der Waals surface area contributed by atoms with Crippen LogP contribution in [0.4, 0.5) is 0 Å². The highest BCUT2D eigenvalue weighted by atomic mass is 16.5. The molecule has 2 fully saturated rings. The van der Waals surface area contributed by atoms with Crippen molar-refractivity contribution in [2.75, 3.05) is 26.3 Å². The van der Waals surface area contributed by atoms with Crippen LogP contribution in [0.15, 0.2) is 16.2 Å². The molecule has 0 saturated carbocycles. The monoisotopic (exact) mass is 289 g/mol. The second-order valence-corrected chi connectivity index (χ2v) is 6.32. The van der Waals surface area contributed by atoms with Crippen LogP contribution in [0.2, 0.25) is 0 Å². The summed E-state index contributed by atoms with van der Waals surface area (Å²) in [5.74, 6) is 1.69. The van der Waals surface area contributed by atoms with E-state index in [1.54, 1.807) is 0 Å². The zero-order valence-corrected chi connectivity index (χ0v) is 12.2. The minimum absolute atomic E-state index is 0.178. The Bertz CT molecular complexity index is 609. The molecule has 1 aromatic rings. The maximum Gasteiger partial charge on any atom is 0.249 e. The van der Waals surface area contributed by atoms with E-state index in [0.717, 1.165) is 31.4 Å². The van der Waals surface area contributed by atoms with Crippen LogP contribution in [0.1, 0.15) is 31.0 Å². The van der Waals surface area contributed by atoms with Crippen LogP contribution in [0.5, 0.6) is 0 Å². The van der Waals surface area contributed by atoms with Crippen molar-refractivity contribution in [3.05, 3.63) is 23.4 Å². The average Bonchev–Trinajstić information content (AvgIpc) is 3.21. The molecule has 0 unspecified atom stereocenters. The molecule has 0 radical (unpaired) electrons. The van der Waals surface area contributed by atoms with Gasteiger partial charge in [-0.15, -0.1) is 0 Å². The Morgan fingerprint density at radius 2 is 2.43 bits per heavy atom. The van der Waals surface area contributed by atoms with Gasteiger partial charge in [-0.2, -0.15) is 4.98 Å². The second kappa shape index (κ2) is 4.66. The molecule has 3 aliphatic rings. The van der Waals surface area contributed by atoms with E-state index in [4.69, 9.17) is 9.26 Å². The van der Waals surface area contributed by atoms with Gasteiger partial charge in [0, 0.05) is 24.6 Å². The van der Waals surface area contributed by atoms with Crippen molar-refractivity contribution in [3.63, 3.8) is 0 Å². The highest BCUT2D eigenvalue weighted by molar-refractivity contribution is 5.94. The Kier molecular flexibility index (Phi) is 2.89. The summed E-state index contributed by atoms with van der Waals surface area (Å²) >= 11 is 0. The summed E-state index contributed by atoms with van der Waals surface area (Å²) in [6.07, 6.45) is 5.10. The fraction of sp³-hybridized carbons (Fsp3) is 0.667. The molecular weight excluding hydrogens is 270 g/mol. The Hall–Kier alpha value is -1.69. The predicted molar refractivity (Wildman–Crippen MR) is 73.5 cm³/mol. The minimum atomic E-state index is -0.309. The molecule has 4 rings (SSSR count). The van der Waals surface area contributed by atoms with E-state index in [1.165, 1.54) is 0 Å². The molecule has 112 valence electrons. The fourth-order valence-corrected chi connectivity index (χ4v) is 3.76. The molecule has 2 atom stereocenters. The fourth-order valence-electron chi connectivity index (χ4n) is 3.76. The lowest BCUT2D eigenvalue weighted by Crippen LogP contribution is -2.37. The Morgan fingerprint density at radius 1 is 1.52 bits per heavy atom.